The fourth-order valence-electron chi connectivity index (χ4n) is 0.538. The van der Waals surface area contributed by atoms with Gasteiger partial charge in [0.1, 0.15) is 0 Å². The van der Waals surface area contributed by atoms with Crippen LogP contribution < -0.4 is 5.73 Å². The largest absolute Gasteiger partial charge is 0.395 e. The number of hydrogen-bond acceptors (Lipinski definition) is 2. The predicted octanol–water partition coefficient (Wildman–Crippen LogP) is 0.828. The fraction of sp³-hybridized carbons (Fsp3) is 0.500. The number of nitrogens with two attached hydrogens (primary N) is 1. The van der Waals surface area contributed by atoms with Crippen LogP contribution in [0.3, 0.4) is 0 Å². The summed E-state index contributed by atoms with van der Waals surface area (Å²) in [6, 6.07) is -0.110. The lowest BCUT2D eigenvalue weighted by Crippen LogP contribution is -2.22. The van der Waals surface area contributed by atoms with E-state index in [0.29, 0.717) is 0 Å². The van der Waals surface area contributed by atoms with Gasteiger partial charge in [-0.05, 0) is 12.8 Å². The molecular weight excluding hydrogens is 126 g/mol. The number of rotatable bonds is 5. The molecule has 1 atom stereocenters. The van der Waals surface area contributed by atoms with Crippen molar-refractivity contribution in [2.75, 3.05) is 6.61 Å². The van der Waals surface area contributed by atoms with Crippen molar-refractivity contribution in [3.05, 3.63) is 24.8 Å². The van der Waals surface area contributed by atoms with Crippen LogP contribution in [0.15, 0.2) is 24.8 Å². The summed E-state index contributed by atoms with van der Waals surface area (Å²) in [7, 11) is 0. The normalized spacial score (nSPS) is 13.8. The molecule has 0 aliphatic rings. The second kappa shape index (κ2) is 6.52. The van der Waals surface area contributed by atoms with Crippen molar-refractivity contribution in [2.45, 2.75) is 18.9 Å². The van der Waals surface area contributed by atoms with E-state index in [0.717, 1.165) is 12.8 Å². The Labute approximate surface area is 62.0 Å². The van der Waals surface area contributed by atoms with Gasteiger partial charge in [0.05, 0.1) is 6.61 Å². The molecule has 3 N–H and O–H groups in total. The van der Waals surface area contributed by atoms with Crippen LogP contribution in [0, 0.1) is 0 Å². The number of hydrogen-bond donors (Lipinski definition) is 2. The van der Waals surface area contributed by atoms with E-state index < -0.39 is 0 Å². The standard InChI is InChI=1S/C8H15NO/c1-2-3-4-5-6-8(9)7-10/h2,4-5,8,10H,1,3,6-7,9H2/b5-4+/t8-/m0/s1. The Morgan fingerprint density at radius 1 is 1.50 bits per heavy atom. The molecule has 0 heterocycles. The Bertz CT molecular complexity index is 110. The zero-order valence-corrected chi connectivity index (χ0v) is 6.16. The molecule has 0 fully saturated rings. The van der Waals surface area contributed by atoms with Crippen LogP contribution in [-0.4, -0.2) is 17.8 Å². The number of allylic oxidation sites excluding steroid dienone is 2. The van der Waals surface area contributed by atoms with E-state index in [1.165, 1.54) is 0 Å². The maximum absolute atomic E-state index is 8.51. The maximum Gasteiger partial charge on any atom is 0.0585 e. The molecule has 0 unspecified atom stereocenters. The van der Waals surface area contributed by atoms with Crippen LogP contribution in [0.4, 0.5) is 0 Å². The van der Waals surface area contributed by atoms with Crippen LogP contribution in [0.2, 0.25) is 0 Å². The molecule has 0 rings (SSSR count). The van der Waals surface area contributed by atoms with Crippen LogP contribution in [0.25, 0.3) is 0 Å². The fourth-order valence-corrected chi connectivity index (χ4v) is 0.538. The van der Waals surface area contributed by atoms with Crippen LogP contribution in [0.1, 0.15) is 12.8 Å². The van der Waals surface area contributed by atoms with Gasteiger partial charge in [-0.2, -0.15) is 0 Å². The summed E-state index contributed by atoms with van der Waals surface area (Å²) in [6.45, 7) is 3.62. The Kier molecular flexibility index (Phi) is 6.13. The molecule has 0 aromatic rings. The highest BCUT2D eigenvalue weighted by Crippen LogP contribution is 1.90. The molecule has 2 nitrogen and oxygen atoms in total. The molecule has 0 radical (unpaired) electrons. The molecule has 0 saturated heterocycles. The third-order valence-electron chi connectivity index (χ3n) is 1.14. The van der Waals surface area contributed by atoms with Crippen molar-refractivity contribution in [1.82, 2.24) is 0 Å². The van der Waals surface area contributed by atoms with E-state index in [1.807, 2.05) is 18.2 Å². The molecule has 0 aliphatic heterocycles. The minimum atomic E-state index is -0.110. The monoisotopic (exact) mass is 141 g/mol. The summed E-state index contributed by atoms with van der Waals surface area (Å²) in [5.41, 5.74) is 5.43. The van der Waals surface area contributed by atoms with Gasteiger partial charge in [0.25, 0.3) is 0 Å². The summed E-state index contributed by atoms with van der Waals surface area (Å²) in [6.07, 6.45) is 7.38. The molecule has 0 saturated carbocycles. The Morgan fingerprint density at radius 3 is 2.70 bits per heavy atom. The molecule has 0 aliphatic carbocycles. The zero-order valence-electron chi connectivity index (χ0n) is 6.16. The summed E-state index contributed by atoms with van der Waals surface area (Å²) in [5.74, 6) is 0. The van der Waals surface area contributed by atoms with Gasteiger partial charge in [0, 0.05) is 6.04 Å². The third-order valence-corrected chi connectivity index (χ3v) is 1.14. The zero-order chi connectivity index (χ0) is 7.82. The summed E-state index contributed by atoms with van der Waals surface area (Å²) in [4.78, 5) is 0. The van der Waals surface area contributed by atoms with Crippen molar-refractivity contribution >= 4 is 0 Å². The summed E-state index contributed by atoms with van der Waals surface area (Å²) < 4.78 is 0. The molecule has 58 valence electrons. The number of aliphatic hydroxyl groups is 1. The van der Waals surface area contributed by atoms with Crippen molar-refractivity contribution in [1.29, 1.82) is 0 Å². The van der Waals surface area contributed by atoms with Crippen LogP contribution in [0.5, 0.6) is 0 Å². The Morgan fingerprint density at radius 2 is 2.20 bits per heavy atom. The lowest BCUT2D eigenvalue weighted by molar-refractivity contribution is 0.266. The van der Waals surface area contributed by atoms with E-state index in [2.05, 4.69) is 6.58 Å². The molecule has 0 aromatic heterocycles. The van der Waals surface area contributed by atoms with Gasteiger partial charge in [-0.3, -0.25) is 0 Å². The van der Waals surface area contributed by atoms with Gasteiger partial charge >= 0.3 is 0 Å². The van der Waals surface area contributed by atoms with E-state index in [4.69, 9.17) is 10.8 Å². The highest BCUT2D eigenvalue weighted by Gasteiger charge is 1.93. The van der Waals surface area contributed by atoms with Crippen LogP contribution in [-0.2, 0) is 0 Å². The van der Waals surface area contributed by atoms with E-state index in [9.17, 15) is 0 Å². The molecule has 0 spiro atoms. The Balaban J connectivity index is 3.24. The smallest absolute Gasteiger partial charge is 0.0585 e. The first kappa shape index (κ1) is 9.40. The van der Waals surface area contributed by atoms with E-state index in [-0.39, 0.29) is 12.6 Å². The van der Waals surface area contributed by atoms with Gasteiger partial charge in [-0.25, -0.2) is 0 Å². The summed E-state index contributed by atoms with van der Waals surface area (Å²) >= 11 is 0. The van der Waals surface area contributed by atoms with Crippen molar-refractivity contribution in [3.63, 3.8) is 0 Å². The van der Waals surface area contributed by atoms with Gasteiger partial charge < -0.3 is 10.8 Å². The molecular formula is C8H15NO. The Hall–Kier alpha value is -0.600. The molecule has 0 bridgehead atoms. The van der Waals surface area contributed by atoms with Gasteiger partial charge in [0.15, 0.2) is 0 Å². The average Bonchev–Trinajstić information content (AvgIpc) is 1.98. The van der Waals surface area contributed by atoms with Gasteiger partial charge in [-0.15, -0.1) is 6.58 Å². The minimum Gasteiger partial charge on any atom is -0.395 e. The second-order valence-corrected chi connectivity index (χ2v) is 2.17. The SMILES string of the molecule is C=CC/C=C/C[C@H](N)CO. The third kappa shape index (κ3) is 5.54. The average molecular weight is 141 g/mol. The summed E-state index contributed by atoms with van der Waals surface area (Å²) in [5, 5.41) is 8.51. The van der Waals surface area contributed by atoms with E-state index >= 15 is 0 Å². The van der Waals surface area contributed by atoms with E-state index in [1.54, 1.807) is 0 Å². The predicted molar refractivity (Wildman–Crippen MR) is 43.6 cm³/mol. The first-order valence-electron chi connectivity index (χ1n) is 3.43. The molecule has 10 heavy (non-hydrogen) atoms. The highest BCUT2D eigenvalue weighted by atomic mass is 16.3. The molecule has 2 heteroatoms. The van der Waals surface area contributed by atoms with Crippen molar-refractivity contribution in [2.24, 2.45) is 5.73 Å². The lowest BCUT2D eigenvalue weighted by Gasteiger charge is -2.01. The molecule has 0 aromatic carbocycles. The van der Waals surface area contributed by atoms with Gasteiger partial charge in [0.2, 0.25) is 0 Å². The quantitative estimate of drug-likeness (QED) is 0.557. The van der Waals surface area contributed by atoms with Crippen LogP contribution >= 0.6 is 0 Å². The van der Waals surface area contributed by atoms with Gasteiger partial charge in [-0.1, -0.05) is 18.2 Å². The minimum absolute atomic E-state index is 0.0540. The topological polar surface area (TPSA) is 46.2 Å². The first-order valence-corrected chi connectivity index (χ1v) is 3.43. The second-order valence-electron chi connectivity index (χ2n) is 2.17. The highest BCUT2D eigenvalue weighted by molar-refractivity contribution is 4.90. The molecule has 0 amide bonds. The first-order chi connectivity index (χ1) is 4.81. The van der Waals surface area contributed by atoms with Crippen molar-refractivity contribution in [3.8, 4) is 0 Å². The lowest BCUT2D eigenvalue weighted by atomic mass is 10.2. The number of aliphatic hydroxyl groups excluding tert-OH is 1. The van der Waals surface area contributed by atoms with Crippen molar-refractivity contribution < 1.29 is 5.11 Å². The maximum atomic E-state index is 8.51.